The van der Waals surface area contributed by atoms with Gasteiger partial charge in [0.1, 0.15) is 5.03 Å². The highest BCUT2D eigenvalue weighted by atomic mass is 32.2. The molecule has 0 bridgehead atoms. The molecule has 0 aliphatic heterocycles. The number of anilines is 1. The van der Waals surface area contributed by atoms with Crippen LogP contribution in [0.25, 0.3) is 0 Å². The van der Waals surface area contributed by atoms with Crippen LogP contribution in [0.5, 0.6) is 0 Å². The zero-order chi connectivity index (χ0) is 17.6. The minimum Gasteiger partial charge on any atom is -0.322 e. The van der Waals surface area contributed by atoms with Gasteiger partial charge in [0.15, 0.2) is 5.78 Å². The molecule has 0 saturated carbocycles. The molecule has 4 nitrogen and oxygen atoms in total. The SMILES string of the molecule is CC(=O)c1cccc(NC(=O)c2cccnc2Sc2ccccc2)c1. The summed E-state index contributed by atoms with van der Waals surface area (Å²) in [6, 6.07) is 20.1. The molecule has 2 aromatic carbocycles. The van der Waals surface area contributed by atoms with Crippen molar-refractivity contribution >= 4 is 29.1 Å². The zero-order valence-electron chi connectivity index (χ0n) is 13.6. The average molecular weight is 348 g/mol. The molecule has 25 heavy (non-hydrogen) atoms. The van der Waals surface area contributed by atoms with Gasteiger partial charge in [-0.1, -0.05) is 42.1 Å². The van der Waals surface area contributed by atoms with E-state index < -0.39 is 0 Å². The first-order chi connectivity index (χ1) is 12.1. The number of carbonyl (C=O) groups is 2. The van der Waals surface area contributed by atoms with Crippen molar-refractivity contribution in [2.45, 2.75) is 16.8 Å². The van der Waals surface area contributed by atoms with Gasteiger partial charge in [-0.15, -0.1) is 0 Å². The van der Waals surface area contributed by atoms with Crippen LogP contribution in [0.3, 0.4) is 0 Å². The first-order valence-electron chi connectivity index (χ1n) is 7.74. The lowest BCUT2D eigenvalue weighted by Gasteiger charge is -2.09. The first kappa shape index (κ1) is 16.9. The van der Waals surface area contributed by atoms with Gasteiger partial charge in [-0.25, -0.2) is 4.98 Å². The predicted octanol–water partition coefficient (Wildman–Crippen LogP) is 4.69. The van der Waals surface area contributed by atoms with Gasteiger partial charge in [0, 0.05) is 22.3 Å². The Morgan fingerprint density at radius 2 is 1.76 bits per heavy atom. The fourth-order valence-corrected chi connectivity index (χ4v) is 3.16. The molecular weight excluding hydrogens is 332 g/mol. The first-order valence-corrected chi connectivity index (χ1v) is 8.55. The van der Waals surface area contributed by atoms with E-state index in [4.69, 9.17) is 0 Å². The van der Waals surface area contributed by atoms with E-state index in [0.717, 1.165) is 4.90 Å². The van der Waals surface area contributed by atoms with Crippen molar-refractivity contribution in [2.75, 3.05) is 5.32 Å². The van der Waals surface area contributed by atoms with Crippen LogP contribution in [0.2, 0.25) is 0 Å². The number of amides is 1. The fourth-order valence-electron chi connectivity index (χ4n) is 2.26. The third kappa shape index (κ3) is 4.33. The van der Waals surface area contributed by atoms with E-state index in [2.05, 4.69) is 10.3 Å². The fraction of sp³-hybridized carbons (Fsp3) is 0.0500. The van der Waals surface area contributed by atoms with Gasteiger partial charge < -0.3 is 5.32 Å². The molecule has 5 heteroatoms. The Morgan fingerprint density at radius 1 is 0.960 bits per heavy atom. The number of rotatable bonds is 5. The normalized spacial score (nSPS) is 10.3. The van der Waals surface area contributed by atoms with E-state index in [1.165, 1.54) is 18.7 Å². The Balaban J connectivity index is 1.83. The van der Waals surface area contributed by atoms with E-state index in [1.54, 1.807) is 42.6 Å². The van der Waals surface area contributed by atoms with Gasteiger partial charge in [-0.2, -0.15) is 0 Å². The Kier molecular flexibility index (Phi) is 5.26. The molecule has 0 radical (unpaired) electrons. The van der Waals surface area contributed by atoms with Crippen LogP contribution in [0.4, 0.5) is 5.69 Å². The van der Waals surface area contributed by atoms with Crippen molar-refractivity contribution in [1.82, 2.24) is 4.98 Å². The van der Waals surface area contributed by atoms with Gasteiger partial charge in [0.25, 0.3) is 5.91 Å². The Labute approximate surface area is 150 Å². The minimum atomic E-state index is -0.257. The molecule has 0 aliphatic rings. The van der Waals surface area contributed by atoms with Gasteiger partial charge in [0.2, 0.25) is 0 Å². The lowest BCUT2D eigenvalue weighted by Crippen LogP contribution is -2.14. The molecule has 0 atom stereocenters. The molecule has 1 amide bonds. The molecule has 0 spiro atoms. The molecule has 3 rings (SSSR count). The highest BCUT2D eigenvalue weighted by Crippen LogP contribution is 2.28. The van der Waals surface area contributed by atoms with Gasteiger partial charge >= 0.3 is 0 Å². The maximum absolute atomic E-state index is 12.7. The van der Waals surface area contributed by atoms with Crippen LogP contribution < -0.4 is 5.32 Å². The van der Waals surface area contributed by atoms with Gasteiger partial charge in [-0.3, -0.25) is 9.59 Å². The van der Waals surface area contributed by atoms with Crippen LogP contribution in [0.1, 0.15) is 27.6 Å². The topological polar surface area (TPSA) is 59.1 Å². The summed E-state index contributed by atoms with van der Waals surface area (Å²) >= 11 is 1.44. The molecule has 124 valence electrons. The summed E-state index contributed by atoms with van der Waals surface area (Å²) in [5.41, 5.74) is 1.63. The van der Waals surface area contributed by atoms with E-state index in [9.17, 15) is 9.59 Å². The number of pyridine rings is 1. The van der Waals surface area contributed by atoms with Crippen LogP contribution in [-0.2, 0) is 0 Å². The number of aromatic nitrogens is 1. The van der Waals surface area contributed by atoms with E-state index in [-0.39, 0.29) is 11.7 Å². The number of hydrogen-bond donors (Lipinski definition) is 1. The Hall–Kier alpha value is -2.92. The van der Waals surface area contributed by atoms with E-state index in [0.29, 0.717) is 21.8 Å². The Morgan fingerprint density at radius 3 is 2.52 bits per heavy atom. The minimum absolute atomic E-state index is 0.0437. The number of carbonyl (C=O) groups excluding carboxylic acids is 2. The lowest BCUT2D eigenvalue weighted by molar-refractivity contribution is 0.101. The number of nitrogens with one attached hydrogen (secondary N) is 1. The second-order valence-electron chi connectivity index (χ2n) is 5.36. The number of ketones is 1. The quantitative estimate of drug-likeness (QED) is 0.680. The maximum atomic E-state index is 12.7. The second-order valence-corrected chi connectivity index (χ2v) is 6.42. The molecule has 3 aromatic rings. The summed E-state index contributed by atoms with van der Waals surface area (Å²) < 4.78 is 0. The van der Waals surface area contributed by atoms with Crippen LogP contribution in [-0.4, -0.2) is 16.7 Å². The van der Waals surface area contributed by atoms with Gasteiger partial charge in [-0.05, 0) is 43.3 Å². The number of Topliss-reactive ketones (excluding diaryl/α,β-unsaturated/α-hetero) is 1. The van der Waals surface area contributed by atoms with Crippen molar-refractivity contribution in [3.05, 3.63) is 84.1 Å². The van der Waals surface area contributed by atoms with Crippen molar-refractivity contribution in [3.63, 3.8) is 0 Å². The standard InChI is InChI=1S/C20H16N2O2S/c1-14(23)15-7-5-8-16(13-15)22-19(24)18-11-6-12-21-20(18)25-17-9-3-2-4-10-17/h2-13H,1H3,(H,22,24). The summed E-state index contributed by atoms with van der Waals surface area (Å²) in [6.07, 6.45) is 1.67. The van der Waals surface area contributed by atoms with E-state index in [1.807, 2.05) is 30.3 Å². The van der Waals surface area contributed by atoms with Crippen LogP contribution in [0, 0.1) is 0 Å². The van der Waals surface area contributed by atoms with Crippen LogP contribution in [0.15, 0.2) is 82.8 Å². The average Bonchev–Trinajstić information content (AvgIpc) is 2.63. The maximum Gasteiger partial charge on any atom is 0.258 e. The highest BCUT2D eigenvalue weighted by Gasteiger charge is 2.14. The molecule has 0 saturated heterocycles. The molecular formula is C20H16N2O2S. The van der Waals surface area contributed by atoms with E-state index >= 15 is 0 Å². The highest BCUT2D eigenvalue weighted by molar-refractivity contribution is 7.99. The molecule has 1 heterocycles. The summed E-state index contributed by atoms with van der Waals surface area (Å²) in [7, 11) is 0. The molecule has 0 fully saturated rings. The third-order valence-corrected chi connectivity index (χ3v) is 4.53. The Bertz CT molecular complexity index is 910. The molecule has 0 aliphatic carbocycles. The third-order valence-electron chi connectivity index (χ3n) is 3.50. The smallest absolute Gasteiger partial charge is 0.258 e. The lowest BCUT2D eigenvalue weighted by atomic mass is 10.1. The summed E-state index contributed by atoms with van der Waals surface area (Å²) in [6.45, 7) is 1.50. The molecule has 1 N–H and O–H groups in total. The van der Waals surface area contributed by atoms with Crippen molar-refractivity contribution in [2.24, 2.45) is 0 Å². The monoisotopic (exact) mass is 348 g/mol. The predicted molar refractivity (Wildman–Crippen MR) is 99.2 cm³/mol. The van der Waals surface area contributed by atoms with Crippen LogP contribution >= 0.6 is 11.8 Å². The summed E-state index contributed by atoms with van der Waals surface area (Å²) in [5, 5.41) is 3.47. The van der Waals surface area contributed by atoms with Gasteiger partial charge in [0.05, 0.1) is 5.56 Å². The summed E-state index contributed by atoms with van der Waals surface area (Å²) in [4.78, 5) is 29.5. The number of hydrogen-bond acceptors (Lipinski definition) is 4. The van der Waals surface area contributed by atoms with Crippen molar-refractivity contribution < 1.29 is 9.59 Å². The van der Waals surface area contributed by atoms with Crippen molar-refractivity contribution in [1.29, 1.82) is 0 Å². The zero-order valence-corrected chi connectivity index (χ0v) is 14.4. The van der Waals surface area contributed by atoms with Crippen molar-refractivity contribution in [3.8, 4) is 0 Å². The summed E-state index contributed by atoms with van der Waals surface area (Å²) in [5.74, 6) is -0.301. The molecule has 0 unspecified atom stereocenters. The second kappa shape index (κ2) is 7.77. The number of nitrogens with zero attached hydrogens (tertiary/aromatic N) is 1. The molecule has 1 aromatic heterocycles. The number of benzene rings is 2. The largest absolute Gasteiger partial charge is 0.322 e.